The van der Waals surface area contributed by atoms with Gasteiger partial charge in [-0.25, -0.2) is 10.4 Å². The maximum Gasteiger partial charge on any atom is 0.266 e. The fourth-order valence-corrected chi connectivity index (χ4v) is 5.51. The minimum atomic E-state index is -1.32. The molecule has 0 radical (unpaired) electrons. The highest BCUT2D eigenvalue weighted by Gasteiger charge is 2.52. The molecule has 1 heterocycles. The lowest BCUT2D eigenvalue weighted by atomic mass is 9.84. The third-order valence-electron chi connectivity index (χ3n) is 7.99. The molecule has 1 amide bonds. The molecule has 1 aliphatic heterocycles. The molecule has 244 valence electrons. The number of rotatable bonds is 16. The summed E-state index contributed by atoms with van der Waals surface area (Å²) in [5, 5.41) is 9.05. The van der Waals surface area contributed by atoms with E-state index in [4.69, 9.17) is 29.0 Å². The number of benzene rings is 4. The summed E-state index contributed by atoms with van der Waals surface area (Å²) in [6.45, 7) is 4.91. The summed E-state index contributed by atoms with van der Waals surface area (Å²) in [5.74, 6) is 2.00. The number of nitrogens with one attached hydrogen (secondary N) is 2. The molecule has 0 saturated heterocycles. The summed E-state index contributed by atoms with van der Waals surface area (Å²) in [5.41, 5.74) is 9.36. The number of carbonyl (C=O) groups is 1. The van der Waals surface area contributed by atoms with Crippen LogP contribution in [0.3, 0.4) is 0 Å². The molecule has 4 aromatic rings. The number of methoxy groups -OCH3 is 2. The predicted molar refractivity (Wildman–Crippen MR) is 183 cm³/mol. The molecule has 9 heteroatoms. The smallest absolute Gasteiger partial charge is 0.266 e. The van der Waals surface area contributed by atoms with Gasteiger partial charge in [0.25, 0.3) is 5.91 Å². The Hall–Kier alpha value is -5.12. The molecule has 5 rings (SSSR count). The second kappa shape index (κ2) is 15.9. The van der Waals surface area contributed by atoms with Gasteiger partial charge in [0, 0.05) is 31.6 Å². The van der Waals surface area contributed by atoms with E-state index in [-0.39, 0.29) is 18.9 Å². The predicted octanol–water partition coefficient (Wildman–Crippen LogP) is 5.83. The molecule has 0 spiro atoms. The Labute approximate surface area is 275 Å². The van der Waals surface area contributed by atoms with Crippen molar-refractivity contribution in [3.8, 4) is 28.4 Å². The third kappa shape index (κ3) is 7.82. The van der Waals surface area contributed by atoms with E-state index < -0.39 is 11.6 Å². The molecule has 0 aromatic heterocycles. The molecule has 47 heavy (non-hydrogen) atoms. The molecule has 0 saturated carbocycles. The molecule has 2 atom stereocenters. The van der Waals surface area contributed by atoms with E-state index in [1.165, 1.54) is 0 Å². The van der Waals surface area contributed by atoms with Crippen molar-refractivity contribution in [3.05, 3.63) is 126 Å². The van der Waals surface area contributed by atoms with Crippen LogP contribution in [0.25, 0.3) is 11.1 Å². The van der Waals surface area contributed by atoms with Crippen molar-refractivity contribution in [3.63, 3.8) is 0 Å². The zero-order valence-electron chi connectivity index (χ0n) is 26.8. The molecule has 9 nitrogen and oxygen atoms in total. The highest BCUT2D eigenvalue weighted by Crippen LogP contribution is 2.43. The molecule has 4 aromatic carbocycles. The molecule has 0 aliphatic carbocycles. The van der Waals surface area contributed by atoms with Gasteiger partial charge in [-0.15, -0.1) is 6.58 Å². The molecular weight excluding hydrogens is 594 g/mol. The first-order valence-electron chi connectivity index (χ1n) is 15.6. The van der Waals surface area contributed by atoms with Gasteiger partial charge in [-0.1, -0.05) is 66.7 Å². The van der Waals surface area contributed by atoms with Crippen LogP contribution in [0.4, 0.5) is 0 Å². The molecule has 0 unspecified atom stereocenters. The van der Waals surface area contributed by atoms with Crippen molar-refractivity contribution in [1.82, 2.24) is 10.9 Å². The molecule has 3 N–H and O–H groups in total. The Bertz CT molecular complexity index is 1660. The van der Waals surface area contributed by atoms with Crippen LogP contribution in [0.15, 0.2) is 115 Å². The van der Waals surface area contributed by atoms with Crippen LogP contribution < -0.4 is 25.1 Å². The summed E-state index contributed by atoms with van der Waals surface area (Å²) in [4.78, 5) is 19.1. The highest BCUT2D eigenvalue weighted by molar-refractivity contribution is 6.01. The van der Waals surface area contributed by atoms with E-state index in [0.29, 0.717) is 54.7 Å². The normalized spacial score (nSPS) is 16.9. The van der Waals surface area contributed by atoms with Crippen LogP contribution in [-0.2, 0) is 16.0 Å². The average molecular weight is 636 g/mol. The SMILES string of the molecule is C=CC[C@]1(C(=O)NNCCc2ccc(OC)c(OC)c2)N=C(c2ccc(OCCCO)cc2)O[C@H]1c1ccc(-c2ccccc2)cc1. The second-order valence-corrected chi connectivity index (χ2v) is 11.1. The van der Waals surface area contributed by atoms with Crippen molar-refractivity contribution in [2.75, 3.05) is 34.0 Å². The molecule has 0 fully saturated rings. The second-order valence-electron chi connectivity index (χ2n) is 11.1. The van der Waals surface area contributed by atoms with Crippen molar-refractivity contribution in [2.24, 2.45) is 4.99 Å². The number of aliphatic imine (C=N–C) groups is 1. The number of carbonyl (C=O) groups excluding carboxylic acids is 1. The van der Waals surface area contributed by atoms with Crippen LogP contribution >= 0.6 is 0 Å². The maximum atomic E-state index is 14.1. The van der Waals surface area contributed by atoms with E-state index in [1.54, 1.807) is 20.3 Å². The molecule has 1 aliphatic rings. The van der Waals surface area contributed by atoms with E-state index in [9.17, 15) is 4.79 Å². The number of ether oxygens (including phenoxy) is 4. The van der Waals surface area contributed by atoms with Gasteiger partial charge in [0.05, 0.1) is 20.8 Å². The van der Waals surface area contributed by atoms with Crippen molar-refractivity contribution in [1.29, 1.82) is 0 Å². The lowest BCUT2D eigenvalue weighted by Gasteiger charge is -2.29. The summed E-state index contributed by atoms with van der Waals surface area (Å²) in [6, 6.07) is 31.2. The van der Waals surface area contributed by atoms with Crippen LogP contribution in [0.5, 0.6) is 17.2 Å². The number of aliphatic hydroxyl groups excluding tert-OH is 1. The van der Waals surface area contributed by atoms with Crippen molar-refractivity contribution in [2.45, 2.75) is 30.9 Å². The van der Waals surface area contributed by atoms with E-state index in [2.05, 4.69) is 29.6 Å². The van der Waals surface area contributed by atoms with Gasteiger partial charge in [0.2, 0.25) is 5.90 Å². The van der Waals surface area contributed by atoms with Gasteiger partial charge in [-0.2, -0.15) is 0 Å². The minimum absolute atomic E-state index is 0.0645. The number of aliphatic hydroxyl groups is 1. The monoisotopic (exact) mass is 635 g/mol. The standard InChI is InChI=1S/C38H41N3O6/c1-4-22-38(37(43)41-39-23-21-27-11-20-33(44-2)34(26-27)45-3)35(30-14-12-29(13-15-30)28-9-6-5-7-10-28)47-36(40-38)31-16-18-32(19-17-31)46-25-8-24-42/h4-7,9-20,26,35,39,42H,1,8,21-25H2,2-3H3,(H,41,43)/t35-,38-/m0/s1. The maximum absolute atomic E-state index is 14.1. The summed E-state index contributed by atoms with van der Waals surface area (Å²) < 4.78 is 23.0. The van der Waals surface area contributed by atoms with Gasteiger partial charge in [-0.05, 0) is 65.1 Å². The first-order chi connectivity index (χ1) is 23.0. The first-order valence-corrected chi connectivity index (χ1v) is 15.6. The Balaban J connectivity index is 1.38. The highest BCUT2D eigenvalue weighted by atomic mass is 16.5. The Morgan fingerprint density at radius 3 is 2.32 bits per heavy atom. The minimum Gasteiger partial charge on any atom is -0.494 e. The van der Waals surface area contributed by atoms with Gasteiger partial charge >= 0.3 is 0 Å². The van der Waals surface area contributed by atoms with Gasteiger partial charge in [0.1, 0.15) is 5.75 Å². The van der Waals surface area contributed by atoms with Crippen LogP contribution in [0.1, 0.15) is 35.6 Å². The molecule has 0 bridgehead atoms. The summed E-state index contributed by atoms with van der Waals surface area (Å²) in [7, 11) is 3.20. The largest absolute Gasteiger partial charge is 0.494 e. The lowest BCUT2D eigenvalue weighted by Crippen LogP contribution is -2.52. The van der Waals surface area contributed by atoms with Crippen LogP contribution in [0.2, 0.25) is 0 Å². The Kier molecular flexibility index (Phi) is 11.3. The van der Waals surface area contributed by atoms with Gasteiger partial charge in [-0.3, -0.25) is 10.2 Å². The van der Waals surface area contributed by atoms with E-state index in [1.807, 2.05) is 84.9 Å². The number of amides is 1. The van der Waals surface area contributed by atoms with Crippen LogP contribution in [0, 0.1) is 0 Å². The lowest BCUT2D eigenvalue weighted by molar-refractivity contribution is -0.129. The van der Waals surface area contributed by atoms with E-state index >= 15 is 0 Å². The average Bonchev–Trinajstić information content (AvgIpc) is 3.51. The number of hydrogen-bond donors (Lipinski definition) is 3. The Morgan fingerprint density at radius 1 is 0.936 bits per heavy atom. The van der Waals surface area contributed by atoms with E-state index in [0.717, 1.165) is 22.3 Å². The number of hydrazine groups is 1. The van der Waals surface area contributed by atoms with Gasteiger partial charge in [0.15, 0.2) is 23.1 Å². The number of nitrogens with zero attached hydrogens (tertiary/aromatic N) is 1. The van der Waals surface area contributed by atoms with Gasteiger partial charge < -0.3 is 24.1 Å². The fourth-order valence-electron chi connectivity index (χ4n) is 5.51. The summed E-state index contributed by atoms with van der Waals surface area (Å²) >= 11 is 0. The zero-order valence-corrected chi connectivity index (χ0v) is 26.8. The summed E-state index contributed by atoms with van der Waals surface area (Å²) in [6.07, 6.45) is 2.41. The molecular formula is C38H41N3O6. The third-order valence-corrected chi connectivity index (χ3v) is 7.99. The first kappa shape index (κ1) is 33.2. The quantitative estimate of drug-likeness (QED) is 0.0808. The van der Waals surface area contributed by atoms with Crippen molar-refractivity contribution < 1.29 is 28.8 Å². The zero-order chi connectivity index (χ0) is 33.1. The fraction of sp³-hybridized carbons (Fsp3) is 0.263. The Morgan fingerprint density at radius 2 is 1.64 bits per heavy atom. The number of hydrogen-bond acceptors (Lipinski definition) is 8. The van der Waals surface area contributed by atoms with Crippen LogP contribution in [-0.4, -0.2) is 56.4 Å². The van der Waals surface area contributed by atoms with Crippen molar-refractivity contribution >= 4 is 11.8 Å². The topological polar surface area (TPSA) is 111 Å².